The molecule has 1 aliphatic carbocycles. The Morgan fingerprint density at radius 3 is 2.79 bits per heavy atom. The van der Waals surface area contributed by atoms with Crippen LogP contribution in [0.4, 0.5) is 5.69 Å². The Hall–Kier alpha value is -2.80. The maximum atomic E-state index is 11.9. The van der Waals surface area contributed by atoms with Gasteiger partial charge in [0.2, 0.25) is 5.91 Å². The topological polar surface area (TPSA) is 72.7 Å². The quantitative estimate of drug-likeness (QED) is 0.724. The molecule has 7 heteroatoms. The molecule has 0 radical (unpaired) electrons. The lowest BCUT2D eigenvalue weighted by Gasteiger charge is -2.05. The summed E-state index contributed by atoms with van der Waals surface area (Å²) in [4.78, 5) is 13.0. The van der Waals surface area contributed by atoms with Gasteiger partial charge in [0.25, 0.3) is 0 Å². The number of benzene rings is 1. The third-order valence-corrected chi connectivity index (χ3v) is 4.58. The van der Waals surface area contributed by atoms with E-state index >= 15 is 0 Å². The fourth-order valence-electron chi connectivity index (χ4n) is 2.38. The first-order valence-corrected chi connectivity index (χ1v) is 8.58. The largest absolute Gasteiger partial charge is 0.323 e. The summed E-state index contributed by atoms with van der Waals surface area (Å²) in [5.41, 5.74) is 1.68. The molecule has 4 rings (SSSR count). The number of nitrogens with one attached hydrogen (secondary N) is 1. The average molecular weight is 337 g/mol. The fourth-order valence-corrected chi connectivity index (χ4v) is 3.00. The minimum atomic E-state index is -0.154. The molecular weight excluding hydrogens is 322 g/mol. The molecule has 0 spiro atoms. The van der Waals surface area contributed by atoms with E-state index in [0.29, 0.717) is 6.04 Å². The number of hydrogen-bond acceptors (Lipinski definition) is 5. The van der Waals surface area contributed by atoms with Crippen molar-refractivity contribution in [1.29, 1.82) is 0 Å². The summed E-state index contributed by atoms with van der Waals surface area (Å²) in [5.74, 6) is 0.618. The van der Waals surface area contributed by atoms with Crippen LogP contribution in [0.2, 0.25) is 0 Å². The molecule has 0 bridgehead atoms. The molecule has 3 aromatic rings. The van der Waals surface area contributed by atoms with Crippen molar-refractivity contribution in [3.8, 4) is 11.4 Å². The molecule has 6 nitrogen and oxygen atoms in total. The van der Waals surface area contributed by atoms with Crippen LogP contribution in [-0.2, 0) is 4.79 Å². The number of carbonyl (C=O) groups is 1. The molecule has 1 N–H and O–H groups in total. The van der Waals surface area contributed by atoms with Gasteiger partial charge in [0.15, 0.2) is 5.82 Å². The van der Waals surface area contributed by atoms with Gasteiger partial charge in [-0.2, -0.15) is 0 Å². The molecule has 1 fully saturated rings. The predicted octanol–water partition coefficient (Wildman–Crippen LogP) is 3.39. The van der Waals surface area contributed by atoms with Gasteiger partial charge in [0.05, 0.1) is 6.04 Å². The second-order valence-corrected chi connectivity index (χ2v) is 6.57. The van der Waals surface area contributed by atoms with Gasteiger partial charge in [0.1, 0.15) is 0 Å². The number of tetrazole rings is 1. The van der Waals surface area contributed by atoms with Crippen molar-refractivity contribution >= 4 is 29.0 Å². The second-order valence-electron chi connectivity index (χ2n) is 5.59. The fraction of sp³-hybridized carbons (Fsp3) is 0.176. The van der Waals surface area contributed by atoms with E-state index in [0.717, 1.165) is 34.8 Å². The van der Waals surface area contributed by atoms with E-state index in [2.05, 4.69) is 20.8 Å². The van der Waals surface area contributed by atoms with Crippen molar-refractivity contribution in [1.82, 2.24) is 20.2 Å². The van der Waals surface area contributed by atoms with Crippen LogP contribution in [0, 0.1) is 0 Å². The van der Waals surface area contributed by atoms with Gasteiger partial charge in [-0.1, -0.05) is 6.07 Å². The minimum Gasteiger partial charge on any atom is -0.323 e. The van der Waals surface area contributed by atoms with Crippen molar-refractivity contribution in [2.24, 2.45) is 0 Å². The second kappa shape index (κ2) is 6.37. The zero-order chi connectivity index (χ0) is 16.4. The van der Waals surface area contributed by atoms with Crippen LogP contribution in [0.5, 0.6) is 0 Å². The molecule has 24 heavy (non-hydrogen) atoms. The van der Waals surface area contributed by atoms with E-state index in [1.807, 2.05) is 46.5 Å². The lowest BCUT2D eigenvalue weighted by atomic mass is 10.2. The summed E-state index contributed by atoms with van der Waals surface area (Å²) in [6, 6.07) is 11.9. The van der Waals surface area contributed by atoms with Crippen molar-refractivity contribution in [3.63, 3.8) is 0 Å². The third-order valence-electron chi connectivity index (χ3n) is 3.74. The number of thiophene rings is 1. The molecule has 0 atom stereocenters. The predicted molar refractivity (Wildman–Crippen MR) is 93.5 cm³/mol. The van der Waals surface area contributed by atoms with E-state index in [1.54, 1.807) is 17.4 Å². The third kappa shape index (κ3) is 3.26. The summed E-state index contributed by atoms with van der Waals surface area (Å²) in [5, 5.41) is 16.7. The summed E-state index contributed by atoms with van der Waals surface area (Å²) in [7, 11) is 0. The van der Waals surface area contributed by atoms with Gasteiger partial charge < -0.3 is 5.32 Å². The van der Waals surface area contributed by atoms with Crippen molar-refractivity contribution in [2.75, 3.05) is 5.32 Å². The van der Waals surface area contributed by atoms with E-state index in [4.69, 9.17) is 0 Å². The summed E-state index contributed by atoms with van der Waals surface area (Å²) < 4.78 is 1.87. The average Bonchev–Trinajstić information content (AvgIpc) is 3.11. The van der Waals surface area contributed by atoms with Crippen molar-refractivity contribution < 1.29 is 4.79 Å². The molecule has 2 aromatic heterocycles. The molecule has 120 valence electrons. The lowest BCUT2D eigenvalue weighted by molar-refractivity contribution is -0.111. The highest BCUT2D eigenvalue weighted by atomic mass is 32.1. The number of anilines is 1. The zero-order valence-corrected chi connectivity index (χ0v) is 13.6. The van der Waals surface area contributed by atoms with Gasteiger partial charge in [0, 0.05) is 22.2 Å². The summed E-state index contributed by atoms with van der Waals surface area (Å²) in [6.45, 7) is 0. The molecular formula is C17H15N5OS. The number of hydrogen-bond donors (Lipinski definition) is 1. The molecule has 1 aliphatic rings. The molecule has 0 aliphatic heterocycles. The Bertz CT molecular complexity index is 863. The number of amides is 1. The van der Waals surface area contributed by atoms with Crippen LogP contribution in [-0.4, -0.2) is 26.1 Å². The molecule has 1 aromatic carbocycles. The molecule has 0 unspecified atom stereocenters. The van der Waals surface area contributed by atoms with Crippen LogP contribution >= 0.6 is 11.3 Å². The Kier molecular flexibility index (Phi) is 3.92. The first kappa shape index (κ1) is 14.8. The van der Waals surface area contributed by atoms with Crippen molar-refractivity contribution in [3.05, 3.63) is 52.7 Å². The molecule has 2 heterocycles. The molecule has 0 saturated heterocycles. The smallest absolute Gasteiger partial charge is 0.248 e. The SMILES string of the molecule is O=C(/C=C/c1cccs1)Nc1ccc(-c2nnnn2C2CC2)cc1. The minimum absolute atomic E-state index is 0.154. The van der Waals surface area contributed by atoms with E-state index in [-0.39, 0.29) is 5.91 Å². The highest BCUT2D eigenvalue weighted by Gasteiger charge is 2.28. The van der Waals surface area contributed by atoms with E-state index < -0.39 is 0 Å². The summed E-state index contributed by atoms with van der Waals surface area (Å²) >= 11 is 1.59. The van der Waals surface area contributed by atoms with E-state index in [1.165, 1.54) is 6.08 Å². The summed E-state index contributed by atoms with van der Waals surface area (Å²) in [6.07, 6.45) is 5.59. The highest BCUT2D eigenvalue weighted by molar-refractivity contribution is 7.10. The van der Waals surface area contributed by atoms with Crippen LogP contribution in [0.1, 0.15) is 23.8 Å². The highest BCUT2D eigenvalue weighted by Crippen LogP contribution is 2.36. The Morgan fingerprint density at radius 2 is 2.08 bits per heavy atom. The van der Waals surface area contributed by atoms with Crippen LogP contribution in [0.3, 0.4) is 0 Å². The first-order chi connectivity index (χ1) is 11.8. The Labute approximate surface area is 142 Å². The van der Waals surface area contributed by atoms with Gasteiger partial charge in [-0.05, 0) is 65.1 Å². The number of carbonyl (C=O) groups excluding carboxylic acids is 1. The van der Waals surface area contributed by atoms with Crippen LogP contribution in [0.25, 0.3) is 17.5 Å². The Morgan fingerprint density at radius 1 is 1.25 bits per heavy atom. The first-order valence-electron chi connectivity index (χ1n) is 7.70. The standard InChI is InChI=1S/C17H15N5OS/c23-16(10-9-15-2-1-11-24-15)18-13-5-3-12(4-6-13)17-19-20-21-22(17)14-7-8-14/h1-6,9-11,14H,7-8H2,(H,18,23)/b10-9+. The van der Waals surface area contributed by atoms with Gasteiger partial charge in [-0.25, -0.2) is 4.68 Å². The molecule has 1 saturated carbocycles. The van der Waals surface area contributed by atoms with E-state index in [9.17, 15) is 4.79 Å². The number of rotatable bonds is 5. The van der Waals surface area contributed by atoms with Crippen LogP contribution < -0.4 is 5.32 Å². The van der Waals surface area contributed by atoms with Gasteiger partial charge >= 0.3 is 0 Å². The number of aromatic nitrogens is 4. The Balaban J connectivity index is 1.44. The van der Waals surface area contributed by atoms with Crippen molar-refractivity contribution in [2.45, 2.75) is 18.9 Å². The lowest BCUT2D eigenvalue weighted by Crippen LogP contribution is -2.07. The number of nitrogens with zero attached hydrogens (tertiary/aromatic N) is 4. The maximum Gasteiger partial charge on any atom is 0.248 e. The zero-order valence-electron chi connectivity index (χ0n) is 12.8. The van der Waals surface area contributed by atoms with Crippen LogP contribution in [0.15, 0.2) is 47.9 Å². The van der Waals surface area contributed by atoms with Gasteiger partial charge in [-0.15, -0.1) is 16.4 Å². The normalized spacial score (nSPS) is 14.2. The maximum absolute atomic E-state index is 11.9. The monoisotopic (exact) mass is 337 g/mol. The van der Waals surface area contributed by atoms with Gasteiger partial charge in [-0.3, -0.25) is 4.79 Å². The molecule has 1 amide bonds.